The highest BCUT2D eigenvalue weighted by atomic mass is 79.9. The molecule has 0 aliphatic carbocycles. The molecule has 0 fully saturated rings. The van der Waals surface area contributed by atoms with Gasteiger partial charge in [-0.2, -0.15) is 0 Å². The van der Waals surface area contributed by atoms with E-state index in [2.05, 4.69) is 27.6 Å². The fourth-order valence-corrected chi connectivity index (χ4v) is 6.14. The Kier molecular flexibility index (Phi) is 5.99. The topological polar surface area (TPSA) is 66.4 Å². The summed E-state index contributed by atoms with van der Waals surface area (Å²) in [6.07, 6.45) is 4.18. The number of nitrogens with one attached hydrogen (secondary N) is 1. The lowest BCUT2D eigenvalue weighted by atomic mass is 9.77. The number of unbranched alkanes of at least 4 members (excludes halogenated alkanes) is 1. The van der Waals surface area contributed by atoms with Gasteiger partial charge in [-0.25, -0.2) is 13.1 Å². The molecule has 0 spiro atoms. The number of halogens is 1. The average Bonchev–Trinajstić information content (AvgIpc) is 2.75. The Hall–Kier alpha value is -1.37. The highest BCUT2D eigenvalue weighted by Gasteiger charge is 2.42. The number of rotatable bonds is 5. The minimum atomic E-state index is -3.74. The van der Waals surface area contributed by atoms with Crippen molar-refractivity contribution in [3.05, 3.63) is 58.1 Å². The van der Waals surface area contributed by atoms with E-state index >= 15 is 0 Å². The summed E-state index contributed by atoms with van der Waals surface area (Å²) in [6, 6.07) is 13.2. The molecule has 0 saturated carbocycles. The Morgan fingerprint density at radius 1 is 1.22 bits per heavy atom. The molecular formula is C21H26BrNO3S. The maximum Gasteiger partial charge on any atom is 0.241 e. The van der Waals surface area contributed by atoms with E-state index in [1.165, 1.54) is 6.07 Å². The zero-order valence-electron chi connectivity index (χ0n) is 15.7. The quantitative estimate of drug-likeness (QED) is 0.647. The molecule has 146 valence electrons. The number of hydrogen-bond acceptors (Lipinski definition) is 3. The van der Waals surface area contributed by atoms with E-state index in [4.69, 9.17) is 0 Å². The first kappa shape index (κ1) is 20.4. The zero-order chi connectivity index (χ0) is 19.7. The van der Waals surface area contributed by atoms with Crippen molar-refractivity contribution in [3.8, 4) is 5.75 Å². The van der Waals surface area contributed by atoms with Crippen LogP contribution < -0.4 is 4.72 Å². The lowest BCUT2D eigenvalue weighted by molar-refractivity contribution is 0.300. The predicted octanol–water partition coefficient (Wildman–Crippen LogP) is 5.31. The largest absolute Gasteiger partial charge is 0.507 e. The van der Waals surface area contributed by atoms with Gasteiger partial charge in [-0.3, -0.25) is 0 Å². The van der Waals surface area contributed by atoms with E-state index in [-0.39, 0.29) is 16.6 Å². The molecule has 0 aromatic heterocycles. The Morgan fingerprint density at radius 2 is 1.93 bits per heavy atom. The standard InChI is InChI=1S/C21H26BrNO3S/c1-3-5-11-21(4-2)14-17(15-9-7-6-8-10-15)16-12-18(22)19(24)13-20(16)27(25,26)23-21/h6-10,12-13,17,23-24H,3-5,11,14H2,1-2H3. The molecule has 3 rings (SSSR count). The van der Waals surface area contributed by atoms with Crippen LogP contribution in [0.5, 0.6) is 5.75 Å². The fraction of sp³-hybridized carbons (Fsp3) is 0.429. The van der Waals surface area contributed by atoms with E-state index in [0.29, 0.717) is 10.9 Å². The van der Waals surface area contributed by atoms with Crippen molar-refractivity contribution in [3.63, 3.8) is 0 Å². The van der Waals surface area contributed by atoms with Gasteiger partial charge in [0, 0.05) is 17.5 Å². The van der Waals surface area contributed by atoms with Gasteiger partial charge in [-0.1, -0.05) is 57.0 Å². The number of aromatic hydroxyl groups is 1. The maximum atomic E-state index is 13.2. The second-order valence-electron chi connectivity index (χ2n) is 7.35. The van der Waals surface area contributed by atoms with Gasteiger partial charge in [0.1, 0.15) is 5.75 Å². The molecule has 1 aliphatic rings. The van der Waals surface area contributed by atoms with E-state index < -0.39 is 15.6 Å². The van der Waals surface area contributed by atoms with Crippen LogP contribution in [-0.2, 0) is 10.0 Å². The van der Waals surface area contributed by atoms with Crippen LogP contribution in [0.3, 0.4) is 0 Å². The van der Waals surface area contributed by atoms with Gasteiger partial charge in [0.25, 0.3) is 0 Å². The molecule has 27 heavy (non-hydrogen) atoms. The maximum absolute atomic E-state index is 13.2. The van der Waals surface area contributed by atoms with Crippen molar-refractivity contribution in [2.45, 2.75) is 62.3 Å². The minimum absolute atomic E-state index is 0.0662. The molecule has 2 aromatic rings. The van der Waals surface area contributed by atoms with Gasteiger partial charge in [0.2, 0.25) is 10.0 Å². The lowest BCUT2D eigenvalue weighted by Crippen LogP contribution is -2.47. The number of phenolic OH excluding ortho intramolecular Hbond substituents is 1. The van der Waals surface area contributed by atoms with Gasteiger partial charge >= 0.3 is 0 Å². The summed E-state index contributed by atoms with van der Waals surface area (Å²) in [5.41, 5.74) is 1.31. The first-order chi connectivity index (χ1) is 12.8. The molecule has 4 nitrogen and oxygen atoms in total. The Bertz CT molecular complexity index is 915. The molecule has 1 heterocycles. The van der Waals surface area contributed by atoms with Crippen molar-refractivity contribution in [2.24, 2.45) is 0 Å². The Labute approximate surface area is 170 Å². The molecule has 2 atom stereocenters. The number of sulfonamides is 1. The number of hydrogen-bond donors (Lipinski definition) is 2. The summed E-state index contributed by atoms with van der Waals surface area (Å²) >= 11 is 3.36. The number of phenols is 1. The first-order valence-corrected chi connectivity index (χ1v) is 11.7. The normalized spacial score (nSPS) is 24.2. The van der Waals surface area contributed by atoms with Gasteiger partial charge in [-0.15, -0.1) is 0 Å². The van der Waals surface area contributed by atoms with Crippen LogP contribution in [0.4, 0.5) is 0 Å². The molecule has 2 unspecified atom stereocenters. The first-order valence-electron chi connectivity index (χ1n) is 9.43. The molecular weight excluding hydrogens is 426 g/mol. The second-order valence-corrected chi connectivity index (χ2v) is 9.86. The fourth-order valence-electron chi connectivity index (χ4n) is 3.99. The molecule has 0 bridgehead atoms. The third-order valence-electron chi connectivity index (χ3n) is 5.58. The Balaban J connectivity index is 2.24. The van der Waals surface area contributed by atoms with Crippen LogP contribution in [0, 0.1) is 0 Å². The van der Waals surface area contributed by atoms with Crippen LogP contribution in [0.1, 0.15) is 63.0 Å². The summed E-state index contributed by atoms with van der Waals surface area (Å²) in [6.45, 7) is 4.16. The highest BCUT2D eigenvalue weighted by molar-refractivity contribution is 9.10. The molecule has 6 heteroatoms. The molecule has 0 amide bonds. The molecule has 0 radical (unpaired) electrons. The monoisotopic (exact) mass is 451 g/mol. The van der Waals surface area contributed by atoms with Crippen LogP contribution >= 0.6 is 15.9 Å². The summed E-state index contributed by atoms with van der Waals surface area (Å²) in [5.74, 6) is -0.136. The van der Waals surface area contributed by atoms with E-state index in [0.717, 1.165) is 36.8 Å². The van der Waals surface area contributed by atoms with Crippen molar-refractivity contribution < 1.29 is 13.5 Å². The third-order valence-corrected chi connectivity index (χ3v) is 7.85. The number of benzene rings is 2. The van der Waals surface area contributed by atoms with Crippen molar-refractivity contribution in [1.82, 2.24) is 4.72 Å². The summed E-state index contributed by atoms with van der Waals surface area (Å²) in [4.78, 5) is 0.170. The van der Waals surface area contributed by atoms with Gasteiger partial charge in [-0.05, 0) is 52.4 Å². The van der Waals surface area contributed by atoms with Gasteiger partial charge < -0.3 is 5.11 Å². The van der Waals surface area contributed by atoms with Crippen LogP contribution in [0.25, 0.3) is 0 Å². The SMILES string of the molecule is CCCCC1(CC)CC(c2ccccc2)c2cc(Br)c(O)cc2S(=O)(=O)N1. The molecule has 1 aliphatic heterocycles. The third kappa shape index (κ3) is 4.08. The predicted molar refractivity (Wildman–Crippen MR) is 112 cm³/mol. The lowest BCUT2D eigenvalue weighted by Gasteiger charge is -2.34. The zero-order valence-corrected chi connectivity index (χ0v) is 18.1. The Morgan fingerprint density at radius 3 is 2.56 bits per heavy atom. The molecule has 0 saturated heterocycles. The summed E-state index contributed by atoms with van der Waals surface area (Å²) in [7, 11) is -3.74. The highest BCUT2D eigenvalue weighted by Crippen LogP contribution is 2.45. The minimum Gasteiger partial charge on any atom is -0.507 e. The second kappa shape index (κ2) is 7.94. The van der Waals surface area contributed by atoms with E-state index in [9.17, 15) is 13.5 Å². The summed E-state index contributed by atoms with van der Waals surface area (Å²) < 4.78 is 30.0. The van der Waals surface area contributed by atoms with Crippen LogP contribution in [-0.4, -0.2) is 19.1 Å². The number of fused-ring (bicyclic) bond motifs is 1. The van der Waals surface area contributed by atoms with Crippen molar-refractivity contribution in [1.29, 1.82) is 0 Å². The van der Waals surface area contributed by atoms with Crippen molar-refractivity contribution in [2.75, 3.05) is 0 Å². The van der Waals surface area contributed by atoms with E-state index in [1.54, 1.807) is 6.07 Å². The van der Waals surface area contributed by atoms with Crippen LogP contribution in [0.2, 0.25) is 0 Å². The summed E-state index contributed by atoms with van der Waals surface area (Å²) in [5, 5.41) is 10.1. The van der Waals surface area contributed by atoms with Gasteiger partial charge in [0.05, 0.1) is 9.37 Å². The van der Waals surface area contributed by atoms with Crippen molar-refractivity contribution >= 4 is 26.0 Å². The molecule has 2 N–H and O–H groups in total. The average molecular weight is 452 g/mol. The van der Waals surface area contributed by atoms with E-state index in [1.807, 2.05) is 37.3 Å². The van der Waals surface area contributed by atoms with Gasteiger partial charge in [0.15, 0.2) is 0 Å². The molecule has 2 aromatic carbocycles. The van der Waals surface area contributed by atoms with Crippen LogP contribution in [0.15, 0.2) is 51.8 Å². The smallest absolute Gasteiger partial charge is 0.241 e.